The molecule has 1 aliphatic heterocycles. The molecule has 5 rings (SSSR count). The summed E-state index contributed by atoms with van der Waals surface area (Å²) in [5.74, 6) is 1.39. The van der Waals surface area contributed by atoms with Gasteiger partial charge in [-0.05, 0) is 55.9 Å². The van der Waals surface area contributed by atoms with Crippen molar-refractivity contribution >= 4 is 22.5 Å². The number of hydrogen-bond donors (Lipinski definition) is 2. The van der Waals surface area contributed by atoms with Gasteiger partial charge in [0.15, 0.2) is 11.5 Å². The highest BCUT2D eigenvalue weighted by molar-refractivity contribution is 5.93. The minimum Gasteiger partial charge on any atom is -0.454 e. The van der Waals surface area contributed by atoms with Gasteiger partial charge in [-0.25, -0.2) is 4.79 Å². The third-order valence-electron chi connectivity index (χ3n) is 6.19. The summed E-state index contributed by atoms with van der Waals surface area (Å²) in [5.41, 5.74) is 0.594. The number of aromatic nitrogens is 2. The van der Waals surface area contributed by atoms with Gasteiger partial charge >= 0.3 is 5.69 Å². The van der Waals surface area contributed by atoms with Crippen LogP contribution in [0.3, 0.4) is 0 Å². The average molecular weight is 421 g/mol. The van der Waals surface area contributed by atoms with Crippen molar-refractivity contribution in [1.29, 1.82) is 0 Å². The van der Waals surface area contributed by atoms with Crippen molar-refractivity contribution in [2.75, 3.05) is 12.1 Å². The number of anilines is 1. The number of carbonyl (C=O) groups excluding carboxylic acids is 1. The lowest BCUT2D eigenvalue weighted by Crippen LogP contribution is -2.38. The largest absolute Gasteiger partial charge is 0.454 e. The Balaban J connectivity index is 1.22. The summed E-state index contributed by atoms with van der Waals surface area (Å²) in [6, 6.07) is 12.4. The van der Waals surface area contributed by atoms with Crippen LogP contribution in [0.2, 0.25) is 0 Å². The number of hydrogen-bond acceptors (Lipinski definition) is 5. The minimum absolute atomic E-state index is 0.0157. The third kappa shape index (κ3) is 3.81. The maximum Gasteiger partial charge on any atom is 0.328 e. The van der Waals surface area contributed by atoms with Crippen LogP contribution < -0.4 is 26.0 Å². The topological polar surface area (TPSA) is 102 Å². The highest BCUT2D eigenvalue weighted by atomic mass is 16.7. The number of ether oxygens (including phenoxy) is 2. The van der Waals surface area contributed by atoms with Crippen molar-refractivity contribution in [3.63, 3.8) is 0 Å². The minimum atomic E-state index is -0.383. The molecule has 2 aromatic carbocycles. The molecule has 160 valence electrons. The number of carbonyl (C=O) groups is 1. The molecular weight excluding hydrogens is 398 g/mol. The number of nitrogens with one attached hydrogen (secondary N) is 2. The molecule has 8 heteroatoms. The molecule has 2 aliphatic rings. The van der Waals surface area contributed by atoms with Gasteiger partial charge in [-0.2, -0.15) is 0 Å². The fourth-order valence-corrected chi connectivity index (χ4v) is 4.45. The van der Waals surface area contributed by atoms with Crippen LogP contribution in [0.4, 0.5) is 5.69 Å². The van der Waals surface area contributed by atoms with Crippen LogP contribution in [0.15, 0.2) is 52.1 Å². The number of fused-ring (bicyclic) bond motifs is 2. The maximum absolute atomic E-state index is 12.7. The second-order valence-corrected chi connectivity index (χ2v) is 8.17. The van der Waals surface area contributed by atoms with E-state index in [1.165, 1.54) is 4.57 Å². The third-order valence-corrected chi connectivity index (χ3v) is 6.19. The Morgan fingerprint density at radius 1 is 1.03 bits per heavy atom. The summed E-state index contributed by atoms with van der Waals surface area (Å²) in [6.45, 7) is 0.565. The van der Waals surface area contributed by atoms with Gasteiger partial charge in [-0.3, -0.25) is 14.2 Å². The lowest BCUT2D eigenvalue weighted by atomic mass is 9.81. The van der Waals surface area contributed by atoms with Crippen molar-refractivity contribution in [1.82, 2.24) is 9.55 Å². The Kier molecular flexibility index (Phi) is 4.97. The predicted molar refractivity (Wildman–Crippen MR) is 115 cm³/mol. The van der Waals surface area contributed by atoms with Gasteiger partial charge in [0.05, 0.1) is 10.9 Å². The zero-order valence-corrected chi connectivity index (χ0v) is 16.9. The molecule has 0 radical (unpaired) electrons. The molecule has 1 aromatic heterocycles. The van der Waals surface area contributed by atoms with Crippen LogP contribution >= 0.6 is 0 Å². The monoisotopic (exact) mass is 421 g/mol. The highest BCUT2D eigenvalue weighted by Crippen LogP contribution is 2.35. The number of nitrogens with zero attached hydrogens (tertiary/aromatic N) is 1. The summed E-state index contributed by atoms with van der Waals surface area (Å²) in [4.78, 5) is 40.6. The van der Waals surface area contributed by atoms with Crippen molar-refractivity contribution in [3.05, 3.63) is 63.3 Å². The number of rotatable bonds is 4. The molecule has 0 unspecified atom stereocenters. The zero-order chi connectivity index (χ0) is 21.4. The summed E-state index contributed by atoms with van der Waals surface area (Å²) in [7, 11) is 0. The van der Waals surface area contributed by atoms with E-state index in [0.29, 0.717) is 34.6 Å². The van der Waals surface area contributed by atoms with Gasteiger partial charge in [0, 0.05) is 24.2 Å². The van der Waals surface area contributed by atoms with Crippen LogP contribution in [-0.4, -0.2) is 22.3 Å². The highest BCUT2D eigenvalue weighted by Gasteiger charge is 2.27. The van der Waals surface area contributed by atoms with Gasteiger partial charge in [0.1, 0.15) is 0 Å². The lowest BCUT2D eigenvalue weighted by Gasteiger charge is -2.28. The molecule has 0 atom stereocenters. The van der Waals surface area contributed by atoms with Crippen LogP contribution in [0.25, 0.3) is 10.9 Å². The number of para-hydroxylation sites is 1. The number of benzene rings is 2. The summed E-state index contributed by atoms with van der Waals surface area (Å²) in [6.07, 6.45) is 3.03. The van der Waals surface area contributed by atoms with Crippen LogP contribution in [0, 0.1) is 11.8 Å². The van der Waals surface area contributed by atoms with Crippen LogP contribution in [0.5, 0.6) is 11.5 Å². The first kappa shape index (κ1) is 19.4. The Morgan fingerprint density at radius 3 is 2.65 bits per heavy atom. The smallest absolute Gasteiger partial charge is 0.328 e. The molecule has 8 nitrogen and oxygen atoms in total. The quantitative estimate of drug-likeness (QED) is 0.674. The molecule has 2 heterocycles. The van der Waals surface area contributed by atoms with E-state index in [4.69, 9.17) is 9.47 Å². The van der Waals surface area contributed by atoms with Crippen LogP contribution in [0.1, 0.15) is 25.7 Å². The van der Waals surface area contributed by atoms with E-state index in [0.717, 1.165) is 25.7 Å². The second kappa shape index (κ2) is 7.94. The number of H-pyrrole nitrogens is 1. The Morgan fingerprint density at radius 2 is 1.81 bits per heavy atom. The summed E-state index contributed by atoms with van der Waals surface area (Å²) < 4.78 is 11.9. The normalized spacial score (nSPS) is 20.0. The predicted octanol–water partition coefficient (Wildman–Crippen LogP) is 2.86. The van der Waals surface area contributed by atoms with E-state index in [-0.39, 0.29) is 35.8 Å². The standard InChI is InChI=1S/C23H23N3O5/c27-21(24-16-9-10-19-20(11-16)31-13-30-19)15-7-5-14(6-8-15)12-26-22(28)17-3-1-2-4-18(17)25-23(26)29/h1-4,9-11,14-15H,5-8,12-13H2,(H,24,27)(H,25,29). The molecule has 1 fully saturated rings. The molecule has 0 bridgehead atoms. The van der Waals surface area contributed by atoms with Gasteiger partial charge < -0.3 is 19.8 Å². The summed E-state index contributed by atoms with van der Waals surface area (Å²) in [5, 5.41) is 3.47. The van der Waals surface area contributed by atoms with E-state index >= 15 is 0 Å². The van der Waals surface area contributed by atoms with E-state index in [9.17, 15) is 14.4 Å². The fraction of sp³-hybridized carbons (Fsp3) is 0.348. The Labute approximate surface area is 177 Å². The molecule has 31 heavy (non-hydrogen) atoms. The molecular formula is C23H23N3O5. The lowest BCUT2D eigenvalue weighted by molar-refractivity contribution is -0.121. The molecule has 2 N–H and O–H groups in total. The Bertz CT molecular complexity index is 1250. The first-order valence-electron chi connectivity index (χ1n) is 10.5. The van der Waals surface area contributed by atoms with Crippen LogP contribution in [-0.2, 0) is 11.3 Å². The second-order valence-electron chi connectivity index (χ2n) is 8.17. The van der Waals surface area contributed by atoms with E-state index in [1.807, 2.05) is 0 Å². The maximum atomic E-state index is 12.7. The van der Waals surface area contributed by atoms with Gasteiger partial charge in [0.25, 0.3) is 5.56 Å². The van der Waals surface area contributed by atoms with E-state index in [2.05, 4.69) is 10.3 Å². The van der Waals surface area contributed by atoms with E-state index in [1.54, 1.807) is 42.5 Å². The van der Waals surface area contributed by atoms with E-state index < -0.39 is 0 Å². The molecule has 1 amide bonds. The van der Waals surface area contributed by atoms with Crippen molar-refractivity contribution in [2.45, 2.75) is 32.2 Å². The molecule has 1 saturated carbocycles. The molecule has 3 aromatic rings. The van der Waals surface area contributed by atoms with Gasteiger partial charge in [-0.15, -0.1) is 0 Å². The summed E-state index contributed by atoms with van der Waals surface area (Å²) >= 11 is 0. The number of amides is 1. The molecule has 0 saturated heterocycles. The zero-order valence-electron chi connectivity index (χ0n) is 16.9. The first-order chi connectivity index (χ1) is 15.1. The van der Waals surface area contributed by atoms with Crippen molar-refractivity contribution in [3.8, 4) is 11.5 Å². The van der Waals surface area contributed by atoms with Gasteiger partial charge in [-0.1, -0.05) is 12.1 Å². The molecule has 1 aliphatic carbocycles. The first-order valence-corrected chi connectivity index (χ1v) is 10.5. The van der Waals surface area contributed by atoms with Crippen molar-refractivity contribution in [2.24, 2.45) is 11.8 Å². The fourth-order valence-electron chi connectivity index (χ4n) is 4.45. The SMILES string of the molecule is O=C(Nc1ccc2c(c1)OCO2)C1CCC(Cn2c(=O)[nH]c3ccccc3c2=O)CC1. The average Bonchev–Trinajstić information content (AvgIpc) is 3.25. The Hall–Kier alpha value is -3.55. The van der Waals surface area contributed by atoms with Crippen molar-refractivity contribution < 1.29 is 14.3 Å². The number of aromatic amines is 1. The molecule has 0 spiro atoms. The van der Waals surface area contributed by atoms with Gasteiger partial charge in [0.2, 0.25) is 12.7 Å².